The molecule has 0 bridgehead atoms. The van der Waals surface area contributed by atoms with Crippen LogP contribution in [-0.4, -0.2) is 22.9 Å². The van der Waals surface area contributed by atoms with E-state index < -0.39 is 0 Å². The van der Waals surface area contributed by atoms with Gasteiger partial charge in [0.25, 0.3) is 0 Å². The molecule has 0 atom stereocenters. The predicted octanol–water partition coefficient (Wildman–Crippen LogP) is 0.820. The molecule has 0 radical (unpaired) electrons. The van der Waals surface area contributed by atoms with Gasteiger partial charge in [-0.3, -0.25) is 0 Å². The van der Waals surface area contributed by atoms with Gasteiger partial charge in [0.15, 0.2) is 0 Å². The molecule has 5 heteroatoms. The van der Waals surface area contributed by atoms with Crippen molar-refractivity contribution in [2.45, 2.75) is 19.4 Å². The fraction of sp³-hybridized carbons (Fsp3) is 0.625. The maximum atomic E-state index is 6.06. The van der Waals surface area contributed by atoms with E-state index in [9.17, 15) is 0 Å². The van der Waals surface area contributed by atoms with Crippen molar-refractivity contribution in [1.82, 2.24) is 9.78 Å². The van der Waals surface area contributed by atoms with Crippen molar-refractivity contribution in [2.24, 2.45) is 5.73 Å². The molecular formula is C8H12ClN3O. The minimum Gasteiger partial charge on any atom is -0.477 e. The van der Waals surface area contributed by atoms with Crippen molar-refractivity contribution in [2.75, 3.05) is 13.2 Å². The molecule has 1 aliphatic rings. The number of hydrogen-bond donors (Lipinski definition) is 1. The highest BCUT2D eigenvalue weighted by Crippen LogP contribution is 2.30. The number of halogens is 1. The van der Waals surface area contributed by atoms with Crippen LogP contribution in [0.2, 0.25) is 5.02 Å². The smallest absolute Gasteiger partial charge is 0.231 e. The van der Waals surface area contributed by atoms with Gasteiger partial charge in [-0.1, -0.05) is 11.6 Å². The molecule has 0 saturated heterocycles. The van der Waals surface area contributed by atoms with Crippen LogP contribution in [0.5, 0.6) is 5.88 Å². The van der Waals surface area contributed by atoms with Gasteiger partial charge in [-0.05, 0) is 6.54 Å². The van der Waals surface area contributed by atoms with Crippen molar-refractivity contribution in [1.29, 1.82) is 0 Å². The van der Waals surface area contributed by atoms with Gasteiger partial charge in [0.05, 0.1) is 12.3 Å². The lowest BCUT2D eigenvalue weighted by atomic mass is 10.3. The molecule has 1 aromatic rings. The summed E-state index contributed by atoms with van der Waals surface area (Å²) in [6, 6.07) is 0. The first-order valence-corrected chi connectivity index (χ1v) is 4.78. The van der Waals surface area contributed by atoms with E-state index in [0.29, 0.717) is 23.9 Å². The fourth-order valence-corrected chi connectivity index (χ4v) is 1.73. The SMILES string of the molecule is NCCc1nn2c(c1Cl)OCCC2. The van der Waals surface area contributed by atoms with Gasteiger partial charge in [0, 0.05) is 19.4 Å². The Morgan fingerprint density at radius 3 is 3.15 bits per heavy atom. The van der Waals surface area contributed by atoms with Crippen LogP contribution in [0.15, 0.2) is 0 Å². The Morgan fingerprint density at radius 1 is 1.62 bits per heavy atom. The Morgan fingerprint density at radius 2 is 2.46 bits per heavy atom. The Balaban J connectivity index is 2.33. The Kier molecular flexibility index (Phi) is 2.42. The molecule has 2 rings (SSSR count). The molecular weight excluding hydrogens is 190 g/mol. The number of rotatable bonds is 2. The third-order valence-corrected chi connectivity index (χ3v) is 2.43. The van der Waals surface area contributed by atoms with Crippen LogP contribution < -0.4 is 10.5 Å². The molecule has 2 heterocycles. The molecule has 0 amide bonds. The van der Waals surface area contributed by atoms with Crippen LogP contribution in [0.25, 0.3) is 0 Å². The number of aromatic nitrogens is 2. The highest BCUT2D eigenvalue weighted by molar-refractivity contribution is 6.32. The molecule has 0 spiro atoms. The Labute approximate surface area is 81.6 Å². The lowest BCUT2D eigenvalue weighted by Gasteiger charge is -2.14. The van der Waals surface area contributed by atoms with E-state index in [-0.39, 0.29) is 0 Å². The molecule has 0 fully saturated rings. The van der Waals surface area contributed by atoms with Crippen LogP contribution in [0.3, 0.4) is 0 Å². The summed E-state index contributed by atoms with van der Waals surface area (Å²) in [5.41, 5.74) is 6.29. The van der Waals surface area contributed by atoms with Crippen LogP contribution >= 0.6 is 11.6 Å². The van der Waals surface area contributed by atoms with E-state index in [1.807, 2.05) is 4.68 Å². The second-order valence-electron chi connectivity index (χ2n) is 3.03. The van der Waals surface area contributed by atoms with E-state index in [1.54, 1.807) is 0 Å². The number of aryl methyl sites for hydroxylation is 1. The summed E-state index contributed by atoms with van der Waals surface area (Å²) in [4.78, 5) is 0. The molecule has 13 heavy (non-hydrogen) atoms. The average Bonchev–Trinajstić information content (AvgIpc) is 2.46. The zero-order valence-electron chi connectivity index (χ0n) is 7.29. The second-order valence-corrected chi connectivity index (χ2v) is 3.41. The summed E-state index contributed by atoms with van der Waals surface area (Å²) >= 11 is 6.06. The van der Waals surface area contributed by atoms with E-state index in [2.05, 4.69) is 5.10 Å². The Bertz CT molecular complexity index is 311. The normalized spacial score (nSPS) is 15.2. The number of hydrogen-bond acceptors (Lipinski definition) is 3. The quantitative estimate of drug-likeness (QED) is 0.771. The fourth-order valence-electron chi connectivity index (χ4n) is 1.44. The largest absolute Gasteiger partial charge is 0.477 e. The van der Waals surface area contributed by atoms with E-state index >= 15 is 0 Å². The number of nitrogens with zero attached hydrogens (tertiary/aromatic N) is 2. The van der Waals surface area contributed by atoms with Gasteiger partial charge in [-0.25, -0.2) is 4.68 Å². The first kappa shape index (κ1) is 8.84. The van der Waals surface area contributed by atoms with Crippen molar-refractivity contribution in [3.63, 3.8) is 0 Å². The van der Waals surface area contributed by atoms with Gasteiger partial charge < -0.3 is 10.5 Å². The number of fused-ring (bicyclic) bond motifs is 1. The first-order chi connectivity index (χ1) is 6.33. The molecule has 0 saturated carbocycles. The summed E-state index contributed by atoms with van der Waals surface area (Å²) in [6.45, 7) is 2.18. The van der Waals surface area contributed by atoms with E-state index in [1.165, 1.54) is 0 Å². The van der Waals surface area contributed by atoms with Crippen LogP contribution in [0.1, 0.15) is 12.1 Å². The van der Waals surface area contributed by atoms with Gasteiger partial charge in [-0.2, -0.15) is 5.10 Å². The third-order valence-electron chi connectivity index (χ3n) is 2.05. The van der Waals surface area contributed by atoms with Crippen molar-refractivity contribution in [3.8, 4) is 5.88 Å². The summed E-state index contributed by atoms with van der Waals surface area (Å²) in [7, 11) is 0. The maximum Gasteiger partial charge on any atom is 0.231 e. The first-order valence-electron chi connectivity index (χ1n) is 4.41. The van der Waals surface area contributed by atoms with Gasteiger partial charge in [0.2, 0.25) is 5.88 Å². The molecule has 1 aliphatic heterocycles. The molecule has 72 valence electrons. The molecule has 2 N–H and O–H groups in total. The van der Waals surface area contributed by atoms with Crippen LogP contribution in [0.4, 0.5) is 0 Å². The minimum absolute atomic E-state index is 0.566. The second kappa shape index (κ2) is 3.55. The van der Waals surface area contributed by atoms with Crippen LogP contribution in [0, 0.1) is 0 Å². The summed E-state index contributed by atoms with van der Waals surface area (Å²) in [6.07, 6.45) is 1.70. The lowest BCUT2D eigenvalue weighted by molar-refractivity contribution is 0.230. The van der Waals surface area contributed by atoms with Gasteiger partial charge in [0.1, 0.15) is 5.02 Å². The Hall–Kier alpha value is -0.740. The molecule has 0 aliphatic carbocycles. The number of nitrogens with two attached hydrogens (primary N) is 1. The van der Waals surface area contributed by atoms with Crippen LogP contribution in [-0.2, 0) is 13.0 Å². The summed E-state index contributed by atoms with van der Waals surface area (Å²) in [5, 5.41) is 4.95. The van der Waals surface area contributed by atoms with E-state index in [4.69, 9.17) is 22.1 Å². The van der Waals surface area contributed by atoms with Crippen molar-refractivity contribution in [3.05, 3.63) is 10.7 Å². The van der Waals surface area contributed by atoms with E-state index in [0.717, 1.165) is 25.3 Å². The van der Waals surface area contributed by atoms with Gasteiger partial charge >= 0.3 is 0 Å². The molecule has 1 aromatic heterocycles. The third kappa shape index (κ3) is 1.51. The zero-order chi connectivity index (χ0) is 9.26. The number of ether oxygens (including phenoxy) is 1. The predicted molar refractivity (Wildman–Crippen MR) is 50.1 cm³/mol. The maximum absolute atomic E-state index is 6.06. The standard InChI is InChI=1S/C8H12ClN3O/c9-7-6(2-3-10)11-12-4-1-5-13-8(7)12/h1-5,10H2. The summed E-state index contributed by atoms with van der Waals surface area (Å²) < 4.78 is 7.23. The lowest BCUT2D eigenvalue weighted by Crippen LogP contribution is -2.14. The highest BCUT2D eigenvalue weighted by atomic mass is 35.5. The summed E-state index contributed by atoms with van der Waals surface area (Å²) in [5.74, 6) is 0.705. The monoisotopic (exact) mass is 201 g/mol. The molecule has 4 nitrogen and oxygen atoms in total. The van der Waals surface area contributed by atoms with Crippen molar-refractivity contribution < 1.29 is 4.74 Å². The molecule has 0 aromatic carbocycles. The average molecular weight is 202 g/mol. The molecule has 0 unspecified atom stereocenters. The van der Waals surface area contributed by atoms with Gasteiger partial charge in [-0.15, -0.1) is 0 Å². The zero-order valence-corrected chi connectivity index (χ0v) is 8.05. The van der Waals surface area contributed by atoms with Crippen molar-refractivity contribution >= 4 is 11.6 Å². The topological polar surface area (TPSA) is 53.1 Å². The minimum atomic E-state index is 0.566. The highest BCUT2D eigenvalue weighted by Gasteiger charge is 2.19.